The smallest absolute Gasteiger partial charge is 0.253 e. The molecule has 2 amide bonds. The highest BCUT2D eigenvalue weighted by Crippen LogP contribution is 2.47. The molecule has 1 aromatic rings. The molecule has 4 fully saturated rings. The lowest BCUT2D eigenvalue weighted by Gasteiger charge is -2.39. The third-order valence-electron chi connectivity index (χ3n) is 7.78. The Kier molecular flexibility index (Phi) is 6.92. The first-order valence-electron chi connectivity index (χ1n) is 13.7. The molecule has 1 aliphatic carbocycles. The fourth-order valence-electron chi connectivity index (χ4n) is 6.72. The highest BCUT2D eigenvalue weighted by Gasteiger charge is 2.62. The number of amides is 2. The van der Waals surface area contributed by atoms with Gasteiger partial charge in [-0.15, -0.1) is 0 Å². The lowest BCUT2D eigenvalue weighted by Crippen LogP contribution is -2.61. The second kappa shape index (κ2) is 9.63. The number of carbonyl (C=O) groups excluding carboxylic acids is 2. The molecule has 0 radical (unpaired) electrons. The number of fused-ring (bicyclic) bond motifs is 3. The van der Waals surface area contributed by atoms with E-state index in [0.717, 1.165) is 37.7 Å². The molecule has 0 aromatic heterocycles. The minimum atomic E-state index is -0.929. The summed E-state index contributed by atoms with van der Waals surface area (Å²) in [7, 11) is 0. The number of aryl methyl sites for hydroxylation is 1. The summed E-state index contributed by atoms with van der Waals surface area (Å²) < 4.78 is 25.5. The van der Waals surface area contributed by atoms with E-state index in [1.54, 1.807) is 4.90 Å². The number of anilines is 1. The van der Waals surface area contributed by atoms with E-state index in [1.165, 1.54) is 6.42 Å². The zero-order valence-electron chi connectivity index (χ0n) is 23.0. The van der Waals surface area contributed by atoms with Crippen molar-refractivity contribution in [3.63, 3.8) is 0 Å². The van der Waals surface area contributed by atoms with Gasteiger partial charge in [-0.2, -0.15) is 0 Å². The van der Waals surface area contributed by atoms with E-state index in [1.807, 2.05) is 45.0 Å². The maximum absolute atomic E-state index is 14.1. The van der Waals surface area contributed by atoms with E-state index in [4.69, 9.17) is 18.9 Å². The summed E-state index contributed by atoms with van der Waals surface area (Å²) in [6.07, 6.45) is 3.24. The van der Waals surface area contributed by atoms with Crippen molar-refractivity contribution in [2.45, 2.75) is 122 Å². The first-order valence-corrected chi connectivity index (χ1v) is 13.7. The average Bonchev–Trinajstić information content (AvgIpc) is 3.23. The normalized spacial score (nSPS) is 31.7. The van der Waals surface area contributed by atoms with Crippen LogP contribution in [0.2, 0.25) is 0 Å². The summed E-state index contributed by atoms with van der Waals surface area (Å²) in [4.78, 5) is 29.2. The maximum atomic E-state index is 14.1. The monoisotopic (exact) mass is 514 g/mol. The van der Waals surface area contributed by atoms with Crippen molar-refractivity contribution in [1.82, 2.24) is 5.32 Å². The maximum Gasteiger partial charge on any atom is 0.253 e. The second-order valence-corrected chi connectivity index (χ2v) is 13.1. The highest BCUT2D eigenvalue weighted by molar-refractivity contribution is 6.02. The van der Waals surface area contributed by atoms with Crippen LogP contribution in [0.4, 0.5) is 5.69 Å². The molecule has 1 aromatic carbocycles. The SMILES string of the molecule is Cc1ccc(N2C(=O)CO[C@@H]3[C@H]4OC5(CCCCC5)O[C@H]4O[C@@H]3[C@@H]2C(=O)NC(C)(C)CC(C)(C)C)cc1. The average molecular weight is 515 g/mol. The van der Waals surface area contributed by atoms with E-state index < -0.39 is 42.0 Å². The number of nitrogens with zero attached hydrogens (tertiary/aromatic N) is 1. The van der Waals surface area contributed by atoms with E-state index in [2.05, 4.69) is 26.1 Å². The summed E-state index contributed by atoms with van der Waals surface area (Å²) in [5.74, 6) is -1.20. The lowest BCUT2D eigenvalue weighted by molar-refractivity contribution is -0.248. The predicted octanol–water partition coefficient (Wildman–Crippen LogP) is 4.23. The van der Waals surface area contributed by atoms with Crippen LogP contribution >= 0.6 is 0 Å². The Morgan fingerprint density at radius 2 is 1.68 bits per heavy atom. The Hall–Kier alpha value is -2.00. The fraction of sp³-hybridized carbons (Fsp3) is 0.724. The molecule has 0 unspecified atom stereocenters. The van der Waals surface area contributed by atoms with Crippen molar-refractivity contribution in [3.05, 3.63) is 29.8 Å². The van der Waals surface area contributed by atoms with Crippen molar-refractivity contribution in [1.29, 1.82) is 0 Å². The Bertz CT molecular complexity index is 1010. The molecule has 5 rings (SSSR count). The minimum absolute atomic E-state index is 0.00915. The van der Waals surface area contributed by atoms with Crippen molar-refractivity contribution >= 4 is 17.5 Å². The van der Waals surface area contributed by atoms with Crippen LogP contribution < -0.4 is 10.2 Å². The van der Waals surface area contributed by atoms with Gasteiger partial charge in [-0.1, -0.05) is 44.9 Å². The van der Waals surface area contributed by atoms with Crippen molar-refractivity contribution in [2.24, 2.45) is 5.41 Å². The van der Waals surface area contributed by atoms with Gasteiger partial charge in [0.2, 0.25) is 5.91 Å². The van der Waals surface area contributed by atoms with E-state index in [9.17, 15) is 9.59 Å². The van der Waals surface area contributed by atoms with Crippen molar-refractivity contribution in [3.8, 4) is 0 Å². The van der Waals surface area contributed by atoms with Crippen molar-refractivity contribution < 1.29 is 28.5 Å². The van der Waals surface area contributed by atoms with Gasteiger partial charge in [-0.25, -0.2) is 0 Å². The number of nitrogens with one attached hydrogen (secondary N) is 1. The van der Waals surface area contributed by atoms with Gasteiger partial charge in [0.15, 0.2) is 12.1 Å². The molecule has 37 heavy (non-hydrogen) atoms. The van der Waals surface area contributed by atoms with Gasteiger partial charge in [0.1, 0.15) is 31.0 Å². The second-order valence-electron chi connectivity index (χ2n) is 13.1. The van der Waals surface area contributed by atoms with Crippen LogP contribution in [-0.4, -0.2) is 60.4 Å². The van der Waals surface area contributed by atoms with Crippen LogP contribution in [-0.2, 0) is 28.5 Å². The third-order valence-corrected chi connectivity index (χ3v) is 7.78. The van der Waals surface area contributed by atoms with E-state index >= 15 is 0 Å². The zero-order chi connectivity index (χ0) is 26.6. The summed E-state index contributed by atoms with van der Waals surface area (Å²) >= 11 is 0. The van der Waals surface area contributed by atoms with Gasteiger partial charge < -0.3 is 24.3 Å². The van der Waals surface area contributed by atoms with Crippen LogP contribution in [0.25, 0.3) is 0 Å². The molecular weight excluding hydrogens is 472 g/mol. The Morgan fingerprint density at radius 3 is 2.32 bits per heavy atom. The molecule has 1 spiro atoms. The molecule has 8 nitrogen and oxygen atoms in total. The van der Waals surface area contributed by atoms with E-state index in [0.29, 0.717) is 5.69 Å². The fourth-order valence-corrected chi connectivity index (χ4v) is 6.72. The Labute approximate surface area is 220 Å². The molecule has 3 aliphatic heterocycles. The number of carbonyl (C=O) groups is 2. The molecule has 5 atom stereocenters. The van der Waals surface area contributed by atoms with Gasteiger partial charge >= 0.3 is 0 Å². The summed E-state index contributed by atoms with van der Waals surface area (Å²) in [6.45, 7) is 12.3. The van der Waals surface area contributed by atoms with Gasteiger partial charge in [0.25, 0.3) is 5.91 Å². The van der Waals surface area contributed by atoms with Crippen LogP contribution in [0.5, 0.6) is 0 Å². The molecule has 3 saturated heterocycles. The molecule has 8 heteroatoms. The van der Waals surface area contributed by atoms with Crippen LogP contribution in [0, 0.1) is 12.3 Å². The molecule has 1 saturated carbocycles. The number of hydrogen-bond donors (Lipinski definition) is 1. The quantitative estimate of drug-likeness (QED) is 0.647. The first kappa shape index (κ1) is 26.6. The minimum Gasteiger partial charge on any atom is -0.363 e. The molecule has 204 valence electrons. The van der Waals surface area contributed by atoms with E-state index in [-0.39, 0.29) is 23.8 Å². The summed E-state index contributed by atoms with van der Waals surface area (Å²) in [5, 5.41) is 3.23. The topological polar surface area (TPSA) is 86.3 Å². The number of rotatable bonds is 4. The van der Waals surface area contributed by atoms with Gasteiger partial charge in [0.05, 0.1) is 0 Å². The Balaban J connectivity index is 1.47. The van der Waals surface area contributed by atoms with Crippen LogP contribution in [0.15, 0.2) is 24.3 Å². The zero-order valence-corrected chi connectivity index (χ0v) is 23.0. The van der Waals surface area contributed by atoms with Gasteiger partial charge in [-0.3, -0.25) is 14.5 Å². The van der Waals surface area contributed by atoms with Crippen LogP contribution in [0.1, 0.15) is 78.7 Å². The largest absolute Gasteiger partial charge is 0.363 e. The molecular formula is C29H42N2O6. The summed E-state index contributed by atoms with van der Waals surface area (Å²) in [6, 6.07) is 6.69. The lowest BCUT2D eigenvalue weighted by atomic mass is 9.81. The molecule has 3 heterocycles. The summed E-state index contributed by atoms with van der Waals surface area (Å²) in [5.41, 5.74) is 1.22. The van der Waals surface area contributed by atoms with Gasteiger partial charge in [-0.05, 0) is 57.6 Å². The number of ether oxygens (including phenoxy) is 4. The van der Waals surface area contributed by atoms with Gasteiger partial charge in [0, 0.05) is 24.1 Å². The number of hydrogen-bond acceptors (Lipinski definition) is 6. The molecule has 0 bridgehead atoms. The standard InChI is InChI=1S/C29H42N2O6/c1-18-10-12-19(13-11-18)31-20(32)16-34-23-22(21(31)25(33)30-28(5,6)17-27(2,3)4)35-26-24(23)36-29(37-26)14-8-7-9-15-29/h10-13,21-24,26H,7-9,14-17H2,1-6H3,(H,30,33)/t21-,22-,23+,24-,26-/m1/s1. The number of benzene rings is 1. The van der Waals surface area contributed by atoms with Crippen LogP contribution in [0.3, 0.4) is 0 Å². The first-order chi connectivity index (χ1) is 17.4. The molecule has 1 N–H and O–H groups in total. The highest BCUT2D eigenvalue weighted by atomic mass is 16.8. The third kappa shape index (κ3) is 5.44. The predicted molar refractivity (Wildman–Crippen MR) is 139 cm³/mol. The Morgan fingerprint density at radius 1 is 1.00 bits per heavy atom. The van der Waals surface area contributed by atoms with Crippen molar-refractivity contribution in [2.75, 3.05) is 11.5 Å². The molecule has 4 aliphatic rings.